The van der Waals surface area contributed by atoms with Gasteiger partial charge in [-0.25, -0.2) is 0 Å². The highest BCUT2D eigenvalue weighted by molar-refractivity contribution is 14.0. The summed E-state index contributed by atoms with van der Waals surface area (Å²) in [4.78, 5) is 18.2. The number of amides is 1. The normalized spacial score (nSPS) is 13.2. The molecule has 3 rings (SSSR count). The van der Waals surface area contributed by atoms with Gasteiger partial charge in [0, 0.05) is 26.7 Å². The molecule has 0 atom stereocenters. The third-order valence-corrected chi connectivity index (χ3v) is 4.43. The zero-order valence-corrected chi connectivity index (χ0v) is 18.4. The van der Waals surface area contributed by atoms with Crippen LogP contribution in [0.15, 0.2) is 59.6 Å². The second-order valence-electron chi connectivity index (χ2n) is 6.32. The van der Waals surface area contributed by atoms with Crippen LogP contribution in [0.5, 0.6) is 5.75 Å². The van der Waals surface area contributed by atoms with Crippen LogP contribution in [0.25, 0.3) is 0 Å². The second-order valence-corrected chi connectivity index (χ2v) is 6.32. The summed E-state index contributed by atoms with van der Waals surface area (Å²) in [5, 5.41) is 6.62. The van der Waals surface area contributed by atoms with Crippen molar-refractivity contribution in [2.45, 2.75) is 12.8 Å². The van der Waals surface area contributed by atoms with E-state index in [0.717, 1.165) is 43.3 Å². The third kappa shape index (κ3) is 6.12. The molecule has 2 aromatic rings. The molecule has 0 saturated heterocycles. The molecule has 0 spiro atoms. The Balaban J connectivity index is 0.00000280. The van der Waals surface area contributed by atoms with Gasteiger partial charge in [0.2, 0.25) is 0 Å². The molecule has 0 unspecified atom stereocenters. The van der Waals surface area contributed by atoms with Gasteiger partial charge in [-0.05, 0) is 30.5 Å². The van der Waals surface area contributed by atoms with Crippen LogP contribution in [0.3, 0.4) is 0 Å². The Labute approximate surface area is 183 Å². The smallest absolute Gasteiger partial charge is 0.265 e. The number of guanidine groups is 1. The van der Waals surface area contributed by atoms with Crippen LogP contribution < -0.4 is 20.3 Å². The van der Waals surface area contributed by atoms with Crippen molar-refractivity contribution in [3.63, 3.8) is 0 Å². The van der Waals surface area contributed by atoms with E-state index in [0.29, 0.717) is 6.54 Å². The van der Waals surface area contributed by atoms with Crippen molar-refractivity contribution < 1.29 is 9.53 Å². The summed E-state index contributed by atoms with van der Waals surface area (Å²) < 4.78 is 5.47. The Bertz CT molecular complexity index is 783. The fourth-order valence-corrected chi connectivity index (χ4v) is 3.03. The second kappa shape index (κ2) is 11.5. The fraction of sp³-hybridized carbons (Fsp3) is 0.333. The van der Waals surface area contributed by atoms with Crippen LogP contribution in [-0.4, -0.2) is 45.2 Å². The number of halogens is 1. The van der Waals surface area contributed by atoms with Gasteiger partial charge in [-0.15, -0.1) is 24.0 Å². The number of para-hydroxylation sites is 2. The molecule has 1 aliphatic heterocycles. The number of carbonyl (C=O) groups excluding carboxylic acids is 1. The van der Waals surface area contributed by atoms with Gasteiger partial charge in [0.1, 0.15) is 5.75 Å². The SMILES string of the molecule is CN=C(NCCCN1C(=O)COc2ccccc21)NCCc1ccccc1.I. The van der Waals surface area contributed by atoms with Gasteiger partial charge in [-0.3, -0.25) is 9.79 Å². The molecule has 0 aliphatic carbocycles. The van der Waals surface area contributed by atoms with E-state index in [-0.39, 0.29) is 36.5 Å². The predicted molar refractivity (Wildman–Crippen MR) is 124 cm³/mol. The molecule has 0 bridgehead atoms. The highest BCUT2D eigenvalue weighted by Crippen LogP contribution is 2.31. The van der Waals surface area contributed by atoms with Crippen molar-refractivity contribution in [3.05, 3.63) is 60.2 Å². The van der Waals surface area contributed by atoms with E-state index in [9.17, 15) is 4.79 Å². The molecule has 0 radical (unpaired) electrons. The van der Waals surface area contributed by atoms with Gasteiger partial charge in [-0.1, -0.05) is 42.5 Å². The van der Waals surface area contributed by atoms with Gasteiger partial charge < -0.3 is 20.3 Å². The molecule has 2 N–H and O–H groups in total. The van der Waals surface area contributed by atoms with Crippen molar-refractivity contribution >= 4 is 41.5 Å². The van der Waals surface area contributed by atoms with Crippen LogP contribution in [0.1, 0.15) is 12.0 Å². The molecule has 0 fully saturated rings. The molecule has 1 heterocycles. The number of fused-ring (bicyclic) bond motifs is 1. The van der Waals surface area contributed by atoms with E-state index in [1.54, 1.807) is 11.9 Å². The predicted octanol–water partition coefficient (Wildman–Crippen LogP) is 2.83. The van der Waals surface area contributed by atoms with Gasteiger partial charge in [0.25, 0.3) is 5.91 Å². The number of hydrogen-bond donors (Lipinski definition) is 2. The number of carbonyl (C=O) groups is 1. The van der Waals surface area contributed by atoms with Crippen LogP contribution in [0.4, 0.5) is 5.69 Å². The number of benzene rings is 2. The summed E-state index contributed by atoms with van der Waals surface area (Å²) in [5.74, 6) is 1.54. The topological polar surface area (TPSA) is 66.0 Å². The Morgan fingerprint density at radius 2 is 1.79 bits per heavy atom. The van der Waals surface area contributed by atoms with Gasteiger partial charge in [-0.2, -0.15) is 0 Å². The molecular weight excluding hydrogens is 467 g/mol. The van der Waals surface area contributed by atoms with E-state index in [1.165, 1.54) is 5.56 Å². The van der Waals surface area contributed by atoms with E-state index >= 15 is 0 Å². The molecule has 0 saturated carbocycles. The molecular formula is C21H27IN4O2. The lowest BCUT2D eigenvalue weighted by atomic mass is 10.1. The first-order valence-corrected chi connectivity index (χ1v) is 9.28. The van der Waals surface area contributed by atoms with Gasteiger partial charge in [0.15, 0.2) is 12.6 Å². The maximum absolute atomic E-state index is 12.2. The number of nitrogens with one attached hydrogen (secondary N) is 2. The lowest BCUT2D eigenvalue weighted by molar-refractivity contribution is -0.121. The molecule has 150 valence electrons. The number of anilines is 1. The number of aliphatic imine (C=N–C) groups is 1. The van der Waals surface area contributed by atoms with Crippen molar-refractivity contribution in [2.75, 3.05) is 38.2 Å². The molecule has 1 amide bonds. The highest BCUT2D eigenvalue weighted by atomic mass is 127. The van der Waals surface area contributed by atoms with Crippen LogP contribution >= 0.6 is 24.0 Å². The highest BCUT2D eigenvalue weighted by Gasteiger charge is 2.24. The number of nitrogens with zero attached hydrogens (tertiary/aromatic N) is 2. The average molecular weight is 494 g/mol. The summed E-state index contributed by atoms with van der Waals surface area (Å²) in [7, 11) is 1.76. The van der Waals surface area contributed by atoms with E-state index in [1.807, 2.05) is 42.5 Å². The average Bonchev–Trinajstić information content (AvgIpc) is 2.72. The minimum atomic E-state index is -0.000863. The molecule has 7 heteroatoms. The quantitative estimate of drug-likeness (QED) is 0.269. The summed E-state index contributed by atoms with van der Waals surface area (Å²) in [5.41, 5.74) is 2.14. The standard InChI is InChI=1S/C21H26N4O2.HI/c1-22-21(24-14-12-17-8-3-2-4-9-17)23-13-7-15-25-18-10-5-6-11-19(18)27-16-20(25)26;/h2-6,8-11H,7,12-16H2,1H3,(H2,22,23,24);1H. The van der Waals surface area contributed by atoms with E-state index in [4.69, 9.17) is 4.74 Å². The molecule has 6 nitrogen and oxygen atoms in total. The lowest BCUT2D eigenvalue weighted by Crippen LogP contribution is -2.42. The first kappa shape index (κ1) is 22.0. The fourth-order valence-electron chi connectivity index (χ4n) is 3.03. The molecule has 28 heavy (non-hydrogen) atoms. The Morgan fingerprint density at radius 3 is 2.57 bits per heavy atom. The first-order valence-electron chi connectivity index (χ1n) is 9.28. The minimum Gasteiger partial charge on any atom is -0.482 e. The van der Waals surface area contributed by atoms with Crippen LogP contribution in [0.2, 0.25) is 0 Å². The third-order valence-electron chi connectivity index (χ3n) is 4.43. The van der Waals surface area contributed by atoms with Gasteiger partial charge >= 0.3 is 0 Å². The summed E-state index contributed by atoms with van der Waals surface area (Å²) in [6.45, 7) is 2.30. The zero-order valence-electron chi connectivity index (χ0n) is 16.1. The first-order chi connectivity index (χ1) is 13.3. The summed E-state index contributed by atoms with van der Waals surface area (Å²) in [6.07, 6.45) is 1.76. The number of hydrogen-bond acceptors (Lipinski definition) is 3. The Hall–Kier alpha value is -2.29. The maximum atomic E-state index is 12.2. The Kier molecular flexibility index (Phi) is 9.06. The lowest BCUT2D eigenvalue weighted by Gasteiger charge is -2.29. The summed E-state index contributed by atoms with van der Waals surface area (Å²) >= 11 is 0. The van der Waals surface area contributed by atoms with Gasteiger partial charge in [0.05, 0.1) is 5.69 Å². The van der Waals surface area contributed by atoms with Crippen molar-refractivity contribution in [1.29, 1.82) is 0 Å². The van der Waals surface area contributed by atoms with Crippen molar-refractivity contribution in [3.8, 4) is 5.75 Å². The van der Waals surface area contributed by atoms with Crippen molar-refractivity contribution in [2.24, 2.45) is 4.99 Å². The molecule has 0 aromatic heterocycles. The summed E-state index contributed by atoms with van der Waals surface area (Å²) in [6, 6.07) is 18.0. The monoisotopic (exact) mass is 494 g/mol. The largest absolute Gasteiger partial charge is 0.482 e. The van der Waals surface area contributed by atoms with Crippen molar-refractivity contribution in [1.82, 2.24) is 10.6 Å². The Morgan fingerprint density at radius 1 is 1.07 bits per heavy atom. The minimum absolute atomic E-state index is 0. The van der Waals surface area contributed by atoms with Crippen LogP contribution in [0, 0.1) is 0 Å². The van der Waals surface area contributed by atoms with Crippen LogP contribution in [-0.2, 0) is 11.2 Å². The molecule has 1 aliphatic rings. The van der Waals surface area contributed by atoms with E-state index < -0.39 is 0 Å². The zero-order chi connectivity index (χ0) is 18.9. The maximum Gasteiger partial charge on any atom is 0.265 e. The molecule has 2 aromatic carbocycles. The van der Waals surface area contributed by atoms with E-state index in [2.05, 4.69) is 27.8 Å². The number of ether oxygens (including phenoxy) is 1. The number of rotatable bonds is 7.